The topological polar surface area (TPSA) is 95.5 Å². The van der Waals surface area contributed by atoms with Gasteiger partial charge in [0.05, 0.1) is 6.26 Å². The van der Waals surface area contributed by atoms with Crippen LogP contribution in [-0.2, 0) is 10.0 Å². The molecule has 6 nitrogen and oxygen atoms in total. The zero-order chi connectivity index (χ0) is 15.9. The van der Waals surface area contributed by atoms with Crippen LogP contribution in [0.2, 0.25) is 0 Å². The quantitative estimate of drug-likeness (QED) is 0.510. The van der Waals surface area contributed by atoms with Crippen LogP contribution in [0.25, 0.3) is 0 Å². The number of amides is 1. The minimum atomic E-state index is -3.26. The average molecular weight is 310 g/mol. The molecule has 0 spiro atoms. The third kappa shape index (κ3) is 5.95. The van der Waals surface area contributed by atoms with E-state index in [2.05, 4.69) is 21.9 Å². The number of hydrogen-bond donors (Lipinski definition) is 3. The molecule has 3 N–H and O–H groups in total. The van der Waals surface area contributed by atoms with E-state index in [1.54, 1.807) is 25.1 Å². The molecule has 0 saturated carbocycles. The highest BCUT2D eigenvalue weighted by molar-refractivity contribution is 7.88. The molecule has 1 rings (SSSR count). The molecule has 0 atom stereocenters. The summed E-state index contributed by atoms with van der Waals surface area (Å²) in [5, 5.41) is 11.3. The molecule has 0 aromatic heterocycles. The highest BCUT2D eigenvalue weighted by Gasteiger charge is 2.10. The summed E-state index contributed by atoms with van der Waals surface area (Å²) in [4.78, 5) is 12.0. The van der Waals surface area contributed by atoms with Gasteiger partial charge in [-0.1, -0.05) is 17.9 Å². The molecule has 0 saturated heterocycles. The summed E-state index contributed by atoms with van der Waals surface area (Å²) in [5.74, 6) is 5.02. The van der Waals surface area contributed by atoms with Gasteiger partial charge in [0, 0.05) is 24.2 Å². The number of sulfonamides is 1. The van der Waals surface area contributed by atoms with Gasteiger partial charge in [-0.25, -0.2) is 13.1 Å². The van der Waals surface area contributed by atoms with Gasteiger partial charge in [-0.2, -0.15) is 0 Å². The minimum Gasteiger partial charge on any atom is -0.384 e. The average Bonchev–Trinajstić information content (AvgIpc) is 2.41. The molecule has 0 radical (unpaired) electrons. The van der Waals surface area contributed by atoms with E-state index in [-0.39, 0.29) is 25.6 Å². The lowest BCUT2D eigenvalue weighted by Crippen LogP contribution is -2.34. The predicted molar refractivity (Wildman–Crippen MR) is 80.3 cm³/mol. The Bertz CT molecular complexity index is 672. The van der Waals surface area contributed by atoms with Crippen LogP contribution in [0, 0.1) is 18.8 Å². The first-order chi connectivity index (χ1) is 9.85. The summed E-state index contributed by atoms with van der Waals surface area (Å²) in [6, 6.07) is 5.14. The largest absolute Gasteiger partial charge is 0.384 e. The van der Waals surface area contributed by atoms with Crippen molar-refractivity contribution in [3.05, 3.63) is 34.9 Å². The van der Waals surface area contributed by atoms with Crippen LogP contribution in [0.15, 0.2) is 18.2 Å². The van der Waals surface area contributed by atoms with E-state index in [0.717, 1.165) is 6.26 Å². The summed E-state index contributed by atoms with van der Waals surface area (Å²) in [5.41, 5.74) is 1.86. The van der Waals surface area contributed by atoms with E-state index in [4.69, 9.17) is 5.11 Å². The van der Waals surface area contributed by atoms with Crippen molar-refractivity contribution in [2.45, 2.75) is 6.92 Å². The summed E-state index contributed by atoms with van der Waals surface area (Å²) in [7, 11) is -3.26. The zero-order valence-corrected chi connectivity index (χ0v) is 12.8. The van der Waals surface area contributed by atoms with Crippen molar-refractivity contribution in [3.8, 4) is 11.8 Å². The van der Waals surface area contributed by atoms with E-state index in [0.29, 0.717) is 16.7 Å². The molecular weight excluding hydrogens is 292 g/mol. The number of benzene rings is 1. The molecule has 114 valence electrons. The van der Waals surface area contributed by atoms with E-state index < -0.39 is 10.0 Å². The Labute approximate surface area is 124 Å². The van der Waals surface area contributed by atoms with Gasteiger partial charge < -0.3 is 10.4 Å². The second kappa shape index (κ2) is 7.78. The lowest BCUT2D eigenvalue weighted by molar-refractivity contribution is 0.0953. The summed E-state index contributed by atoms with van der Waals surface area (Å²) in [6.07, 6.45) is 1.06. The summed E-state index contributed by atoms with van der Waals surface area (Å²) in [6.45, 7) is 1.85. The van der Waals surface area contributed by atoms with Gasteiger partial charge in [0.1, 0.15) is 6.61 Å². The molecule has 0 unspecified atom stereocenters. The number of rotatable bonds is 5. The lowest BCUT2D eigenvalue weighted by Gasteiger charge is -2.09. The highest BCUT2D eigenvalue weighted by atomic mass is 32.2. The molecule has 21 heavy (non-hydrogen) atoms. The van der Waals surface area contributed by atoms with Gasteiger partial charge in [0.2, 0.25) is 10.0 Å². The van der Waals surface area contributed by atoms with E-state index in [1.165, 1.54) is 0 Å². The summed E-state index contributed by atoms with van der Waals surface area (Å²) < 4.78 is 24.1. The number of carbonyl (C=O) groups excluding carboxylic acids is 1. The normalized spacial score (nSPS) is 10.6. The minimum absolute atomic E-state index is 0.133. The standard InChI is InChI=1S/C14H18N2O4S/c1-11-12(6-4-10-17)5-3-7-13(11)14(18)15-8-9-16-21(2,19)20/h3,5,7,16-17H,8-10H2,1-2H3,(H,15,18). The van der Waals surface area contributed by atoms with Crippen LogP contribution in [0.1, 0.15) is 21.5 Å². The van der Waals surface area contributed by atoms with Crippen LogP contribution < -0.4 is 10.0 Å². The first kappa shape index (κ1) is 17.2. The first-order valence-electron chi connectivity index (χ1n) is 6.27. The van der Waals surface area contributed by atoms with Crippen molar-refractivity contribution >= 4 is 15.9 Å². The Balaban J connectivity index is 2.70. The molecule has 1 amide bonds. The Kier molecular flexibility index (Phi) is 6.37. The molecular formula is C14H18N2O4S. The van der Waals surface area contributed by atoms with Crippen molar-refractivity contribution in [2.24, 2.45) is 0 Å². The molecule has 0 heterocycles. The van der Waals surface area contributed by atoms with E-state index in [1.807, 2.05) is 0 Å². The number of aliphatic hydroxyl groups excluding tert-OH is 1. The van der Waals surface area contributed by atoms with E-state index in [9.17, 15) is 13.2 Å². The van der Waals surface area contributed by atoms with Crippen LogP contribution >= 0.6 is 0 Å². The van der Waals surface area contributed by atoms with Crippen molar-refractivity contribution in [1.82, 2.24) is 10.0 Å². The maximum atomic E-state index is 12.0. The van der Waals surface area contributed by atoms with Crippen molar-refractivity contribution in [3.63, 3.8) is 0 Å². The van der Waals surface area contributed by atoms with Gasteiger partial charge in [-0.3, -0.25) is 4.79 Å². The Morgan fingerprint density at radius 1 is 1.33 bits per heavy atom. The predicted octanol–water partition coefficient (Wildman–Crippen LogP) is -0.382. The monoisotopic (exact) mass is 310 g/mol. The van der Waals surface area contributed by atoms with Gasteiger partial charge in [0.25, 0.3) is 5.91 Å². The second-order valence-corrected chi connectivity index (χ2v) is 6.19. The maximum Gasteiger partial charge on any atom is 0.251 e. The fraction of sp³-hybridized carbons (Fsp3) is 0.357. The third-order valence-electron chi connectivity index (χ3n) is 2.66. The van der Waals surface area contributed by atoms with Gasteiger partial charge in [-0.15, -0.1) is 0 Å². The molecule has 1 aromatic carbocycles. The van der Waals surface area contributed by atoms with Crippen molar-refractivity contribution in [2.75, 3.05) is 26.0 Å². The SMILES string of the molecule is Cc1c(C#CCO)cccc1C(=O)NCCNS(C)(=O)=O. The number of nitrogens with one attached hydrogen (secondary N) is 2. The third-order valence-corrected chi connectivity index (χ3v) is 3.38. The fourth-order valence-corrected chi connectivity index (χ4v) is 2.13. The highest BCUT2D eigenvalue weighted by Crippen LogP contribution is 2.12. The zero-order valence-electron chi connectivity index (χ0n) is 11.9. The molecule has 0 bridgehead atoms. The van der Waals surface area contributed by atoms with E-state index >= 15 is 0 Å². The second-order valence-electron chi connectivity index (χ2n) is 4.36. The van der Waals surface area contributed by atoms with Crippen LogP contribution in [0.3, 0.4) is 0 Å². The Morgan fingerprint density at radius 3 is 2.67 bits per heavy atom. The molecule has 0 aliphatic heterocycles. The van der Waals surface area contributed by atoms with Crippen molar-refractivity contribution in [1.29, 1.82) is 0 Å². The molecule has 0 fully saturated rings. The molecule has 7 heteroatoms. The smallest absolute Gasteiger partial charge is 0.251 e. The van der Waals surface area contributed by atoms with Gasteiger partial charge in [0.15, 0.2) is 0 Å². The van der Waals surface area contributed by atoms with Gasteiger partial charge in [-0.05, 0) is 24.6 Å². The fourth-order valence-electron chi connectivity index (χ4n) is 1.66. The number of aliphatic hydroxyl groups is 1. The van der Waals surface area contributed by atoms with Crippen molar-refractivity contribution < 1.29 is 18.3 Å². The lowest BCUT2D eigenvalue weighted by atomic mass is 10.0. The van der Waals surface area contributed by atoms with Crippen LogP contribution in [0.5, 0.6) is 0 Å². The Hall–Kier alpha value is -1.88. The molecule has 1 aromatic rings. The Morgan fingerprint density at radius 2 is 2.05 bits per heavy atom. The first-order valence-corrected chi connectivity index (χ1v) is 8.16. The molecule has 0 aliphatic rings. The van der Waals surface area contributed by atoms with Crippen LogP contribution in [-0.4, -0.2) is 45.4 Å². The maximum absolute atomic E-state index is 12.0. The summed E-state index contributed by atoms with van der Waals surface area (Å²) >= 11 is 0. The number of hydrogen-bond acceptors (Lipinski definition) is 4. The molecule has 0 aliphatic carbocycles. The van der Waals surface area contributed by atoms with Crippen LogP contribution in [0.4, 0.5) is 0 Å². The number of carbonyl (C=O) groups is 1. The van der Waals surface area contributed by atoms with Gasteiger partial charge >= 0.3 is 0 Å².